The summed E-state index contributed by atoms with van der Waals surface area (Å²) >= 11 is 0. The lowest BCUT2D eigenvalue weighted by Gasteiger charge is -2.11. The number of halogens is 1. The van der Waals surface area contributed by atoms with E-state index in [1.54, 1.807) is 18.2 Å². The molecule has 0 heterocycles. The van der Waals surface area contributed by atoms with Gasteiger partial charge in [-0.1, -0.05) is 12.1 Å². The molecule has 0 aliphatic heterocycles. The summed E-state index contributed by atoms with van der Waals surface area (Å²) in [6.07, 6.45) is 2.44. The Morgan fingerprint density at radius 1 is 1.60 bits per heavy atom. The number of hydrogen-bond acceptors (Lipinski definition) is 3. The highest BCUT2D eigenvalue weighted by Gasteiger charge is 2.07. The van der Waals surface area contributed by atoms with Crippen molar-refractivity contribution in [1.82, 2.24) is 0 Å². The molecule has 0 bridgehead atoms. The number of phenolic OH excluding ortho intramolecular Hbond substituents is 1. The van der Waals surface area contributed by atoms with Gasteiger partial charge in [-0.2, -0.15) is 0 Å². The fourth-order valence-electron chi connectivity index (χ4n) is 1.25. The van der Waals surface area contributed by atoms with Gasteiger partial charge in [0.05, 0.1) is 7.11 Å². The molecule has 84 valence electrons. The summed E-state index contributed by atoms with van der Waals surface area (Å²) in [7, 11) is 1.51. The minimum absolute atomic E-state index is 0. The molecule has 0 aliphatic rings. The maximum Gasteiger partial charge on any atom is 0.160 e. The first-order valence-corrected chi connectivity index (χ1v) is 4.42. The molecular weight excluding hydrogens is 214 g/mol. The topological polar surface area (TPSA) is 55.5 Å². The molecular formula is C11H16ClNO2. The van der Waals surface area contributed by atoms with Crippen LogP contribution in [0.25, 0.3) is 0 Å². The van der Waals surface area contributed by atoms with Gasteiger partial charge in [-0.25, -0.2) is 0 Å². The standard InChI is InChI=1S/C11H15NO2.ClH/c1-3-4-9(12)8-5-6-11(14-2)10(13)7-8;/h3,5-7,9,13H,1,4,12H2,2H3;1H/t9-;/m1./s1. The van der Waals surface area contributed by atoms with E-state index in [9.17, 15) is 5.11 Å². The third-order valence-corrected chi connectivity index (χ3v) is 2.05. The van der Waals surface area contributed by atoms with E-state index in [4.69, 9.17) is 10.5 Å². The van der Waals surface area contributed by atoms with Gasteiger partial charge in [0.2, 0.25) is 0 Å². The molecule has 4 heteroatoms. The fourth-order valence-corrected chi connectivity index (χ4v) is 1.25. The van der Waals surface area contributed by atoms with Crippen LogP contribution >= 0.6 is 12.4 Å². The van der Waals surface area contributed by atoms with Crippen LogP contribution in [0.5, 0.6) is 11.5 Å². The van der Waals surface area contributed by atoms with Gasteiger partial charge in [-0.3, -0.25) is 0 Å². The van der Waals surface area contributed by atoms with Gasteiger partial charge in [0.1, 0.15) is 0 Å². The molecule has 0 amide bonds. The van der Waals surface area contributed by atoms with Crippen molar-refractivity contribution in [1.29, 1.82) is 0 Å². The van der Waals surface area contributed by atoms with E-state index in [-0.39, 0.29) is 24.2 Å². The molecule has 0 aliphatic carbocycles. The van der Waals surface area contributed by atoms with Crippen LogP contribution in [0.3, 0.4) is 0 Å². The summed E-state index contributed by atoms with van der Waals surface area (Å²) in [6.45, 7) is 3.62. The maximum atomic E-state index is 9.50. The largest absolute Gasteiger partial charge is 0.504 e. The number of benzene rings is 1. The second-order valence-corrected chi connectivity index (χ2v) is 3.06. The Kier molecular flexibility index (Phi) is 5.82. The van der Waals surface area contributed by atoms with Gasteiger partial charge in [-0.15, -0.1) is 19.0 Å². The van der Waals surface area contributed by atoms with Crippen LogP contribution in [0, 0.1) is 0 Å². The van der Waals surface area contributed by atoms with Gasteiger partial charge >= 0.3 is 0 Å². The highest BCUT2D eigenvalue weighted by molar-refractivity contribution is 5.85. The smallest absolute Gasteiger partial charge is 0.160 e. The predicted octanol–water partition coefficient (Wildman–Crippen LogP) is 2.40. The average molecular weight is 230 g/mol. The summed E-state index contributed by atoms with van der Waals surface area (Å²) in [5.41, 5.74) is 6.72. The molecule has 0 spiro atoms. The van der Waals surface area contributed by atoms with E-state index in [0.29, 0.717) is 12.2 Å². The lowest BCUT2D eigenvalue weighted by Crippen LogP contribution is -2.08. The summed E-state index contributed by atoms with van der Waals surface area (Å²) < 4.78 is 4.93. The summed E-state index contributed by atoms with van der Waals surface area (Å²) in [6, 6.07) is 5.04. The first-order valence-electron chi connectivity index (χ1n) is 4.42. The van der Waals surface area contributed by atoms with Crippen LogP contribution in [0.4, 0.5) is 0 Å². The Morgan fingerprint density at radius 2 is 2.27 bits per heavy atom. The zero-order chi connectivity index (χ0) is 10.6. The van der Waals surface area contributed by atoms with E-state index in [1.807, 2.05) is 6.07 Å². The van der Waals surface area contributed by atoms with Crippen LogP contribution in [0.15, 0.2) is 30.9 Å². The summed E-state index contributed by atoms with van der Waals surface area (Å²) in [4.78, 5) is 0. The Hall–Kier alpha value is -1.19. The first kappa shape index (κ1) is 13.8. The van der Waals surface area contributed by atoms with E-state index in [2.05, 4.69) is 6.58 Å². The highest BCUT2D eigenvalue weighted by Crippen LogP contribution is 2.28. The van der Waals surface area contributed by atoms with Crippen molar-refractivity contribution in [3.63, 3.8) is 0 Å². The van der Waals surface area contributed by atoms with Crippen LogP contribution in [-0.2, 0) is 0 Å². The van der Waals surface area contributed by atoms with Crippen molar-refractivity contribution in [3.8, 4) is 11.5 Å². The molecule has 3 nitrogen and oxygen atoms in total. The van der Waals surface area contributed by atoms with Gasteiger partial charge in [-0.05, 0) is 24.1 Å². The summed E-state index contributed by atoms with van der Waals surface area (Å²) in [5.74, 6) is 0.573. The molecule has 0 aromatic heterocycles. The zero-order valence-corrected chi connectivity index (χ0v) is 9.46. The lowest BCUT2D eigenvalue weighted by atomic mass is 10.0. The predicted molar refractivity (Wildman–Crippen MR) is 63.6 cm³/mol. The van der Waals surface area contributed by atoms with Crippen molar-refractivity contribution in [3.05, 3.63) is 36.4 Å². The molecule has 1 atom stereocenters. The molecule has 0 saturated heterocycles. The number of methoxy groups -OCH3 is 1. The quantitative estimate of drug-likeness (QED) is 0.780. The lowest BCUT2D eigenvalue weighted by molar-refractivity contribution is 0.372. The number of rotatable bonds is 4. The third-order valence-electron chi connectivity index (χ3n) is 2.05. The first-order chi connectivity index (χ1) is 6.69. The third kappa shape index (κ3) is 3.46. The second-order valence-electron chi connectivity index (χ2n) is 3.06. The minimum Gasteiger partial charge on any atom is -0.504 e. The normalized spacial score (nSPS) is 11.3. The molecule has 0 unspecified atom stereocenters. The van der Waals surface area contributed by atoms with Crippen LogP contribution in [0.1, 0.15) is 18.0 Å². The molecule has 0 saturated carbocycles. The zero-order valence-electron chi connectivity index (χ0n) is 8.64. The Labute approximate surface area is 96.0 Å². The Morgan fingerprint density at radius 3 is 2.73 bits per heavy atom. The van der Waals surface area contributed by atoms with Crippen molar-refractivity contribution >= 4 is 12.4 Å². The SMILES string of the molecule is C=CC[C@@H](N)c1ccc(OC)c(O)c1.Cl. The molecule has 15 heavy (non-hydrogen) atoms. The molecule has 1 aromatic carbocycles. The fraction of sp³-hybridized carbons (Fsp3) is 0.273. The van der Waals surface area contributed by atoms with Crippen LogP contribution < -0.4 is 10.5 Å². The van der Waals surface area contributed by atoms with E-state index in [1.165, 1.54) is 7.11 Å². The van der Waals surface area contributed by atoms with Crippen molar-refractivity contribution in [2.24, 2.45) is 5.73 Å². The Bertz CT molecular complexity index is 328. The molecule has 1 rings (SSSR count). The van der Waals surface area contributed by atoms with Gasteiger partial charge in [0, 0.05) is 6.04 Å². The Balaban J connectivity index is 0.00000196. The van der Waals surface area contributed by atoms with Crippen molar-refractivity contribution in [2.75, 3.05) is 7.11 Å². The molecule has 3 N–H and O–H groups in total. The maximum absolute atomic E-state index is 9.50. The van der Waals surface area contributed by atoms with E-state index < -0.39 is 0 Å². The monoisotopic (exact) mass is 229 g/mol. The molecule has 0 radical (unpaired) electrons. The molecule has 1 aromatic rings. The van der Waals surface area contributed by atoms with E-state index in [0.717, 1.165) is 5.56 Å². The molecule has 0 fully saturated rings. The van der Waals surface area contributed by atoms with Gasteiger partial charge in [0.15, 0.2) is 11.5 Å². The van der Waals surface area contributed by atoms with Crippen LogP contribution in [0.2, 0.25) is 0 Å². The number of nitrogens with two attached hydrogens (primary N) is 1. The van der Waals surface area contributed by atoms with Gasteiger partial charge in [0.25, 0.3) is 0 Å². The number of hydrogen-bond donors (Lipinski definition) is 2. The van der Waals surface area contributed by atoms with E-state index >= 15 is 0 Å². The van der Waals surface area contributed by atoms with Gasteiger partial charge < -0.3 is 15.6 Å². The summed E-state index contributed by atoms with van der Waals surface area (Å²) in [5, 5.41) is 9.50. The number of phenols is 1. The highest BCUT2D eigenvalue weighted by atomic mass is 35.5. The van der Waals surface area contributed by atoms with Crippen molar-refractivity contribution in [2.45, 2.75) is 12.5 Å². The number of ether oxygens (including phenoxy) is 1. The average Bonchev–Trinajstić information content (AvgIpc) is 2.18. The minimum atomic E-state index is -0.121. The number of aromatic hydroxyl groups is 1. The van der Waals surface area contributed by atoms with Crippen molar-refractivity contribution < 1.29 is 9.84 Å². The second kappa shape index (κ2) is 6.32. The van der Waals surface area contributed by atoms with Crippen LogP contribution in [-0.4, -0.2) is 12.2 Å².